The second-order valence-electron chi connectivity index (χ2n) is 8.90. The lowest BCUT2D eigenvalue weighted by Crippen LogP contribution is -2.34. The zero-order chi connectivity index (χ0) is 26.6. The van der Waals surface area contributed by atoms with E-state index in [1.807, 2.05) is 44.2 Å². The van der Waals surface area contributed by atoms with Gasteiger partial charge in [-0.25, -0.2) is 8.42 Å². The molecule has 4 aromatic rings. The quantitative estimate of drug-likeness (QED) is 0.302. The van der Waals surface area contributed by atoms with Crippen LogP contribution in [-0.4, -0.2) is 36.6 Å². The van der Waals surface area contributed by atoms with Crippen LogP contribution in [0.1, 0.15) is 40.9 Å². The Morgan fingerprint density at radius 3 is 2.49 bits per heavy atom. The highest BCUT2D eigenvalue weighted by molar-refractivity contribution is 7.89. The van der Waals surface area contributed by atoms with Crippen molar-refractivity contribution in [2.45, 2.75) is 38.6 Å². The molecule has 0 saturated carbocycles. The number of nitrogens with zero attached hydrogens (tertiary/aromatic N) is 1. The van der Waals surface area contributed by atoms with Gasteiger partial charge in [0.05, 0.1) is 11.5 Å². The van der Waals surface area contributed by atoms with Crippen molar-refractivity contribution in [2.24, 2.45) is 0 Å². The summed E-state index contributed by atoms with van der Waals surface area (Å²) in [6, 6.07) is 20.9. The summed E-state index contributed by atoms with van der Waals surface area (Å²) in [5.74, 6) is 0.442. The monoisotopic (exact) mass is 518 g/mol. The highest BCUT2D eigenvalue weighted by atomic mass is 32.2. The van der Waals surface area contributed by atoms with Crippen LogP contribution in [0.15, 0.2) is 82.5 Å². The Bertz CT molecular complexity index is 1610. The number of benzene rings is 3. The molecule has 0 spiro atoms. The fraction of sp³-hybridized carbons (Fsp3) is 0.241. The van der Waals surface area contributed by atoms with Crippen molar-refractivity contribution in [3.63, 3.8) is 0 Å². The van der Waals surface area contributed by atoms with E-state index in [2.05, 4.69) is 4.98 Å². The van der Waals surface area contributed by atoms with Gasteiger partial charge in [0.25, 0.3) is 5.56 Å². The molecule has 0 aliphatic heterocycles. The number of nitrogens with one attached hydrogen (secondary N) is 1. The summed E-state index contributed by atoms with van der Waals surface area (Å²) in [5.41, 5.74) is 2.99. The van der Waals surface area contributed by atoms with Crippen LogP contribution in [0.4, 0.5) is 0 Å². The molecule has 37 heavy (non-hydrogen) atoms. The normalized spacial score (nSPS) is 11.7. The molecule has 0 bridgehead atoms. The summed E-state index contributed by atoms with van der Waals surface area (Å²) in [4.78, 5) is 27.7. The minimum absolute atomic E-state index is 0.0147. The van der Waals surface area contributed by atoms with Crippen molar-refractivity contribution < 1.29 is 17.9 Å². The largest absolute Gasteiger partial charge is 0.494 e. The van der Waals surface area contributed by atoms with Crippen molar-refractivity contribution in [1.29, 1.82) is 0 Å². The molecule has 0 amide bonds. The van der Waals surface area contributed by atoms with Gasteiger partial charge in [-0.15, -0.1) is 0 Å². The van der Waals surface area contributed by atoms with Gasteiger partial charge in [-0.3, -0.25) is 9.59 Å². The second kappa shape index (κ2) is 11.1. The van der Waals surface area contributed by atoms with Crippen LogP contribution in [0.25, 0.3) is 10.9 Å². The first-order valence-electron chi connectivity index (χ1n) is 12.1. The number of carbonyl (C=O) groups is 1. The fourth-order valence-corrected chi connectivity index (χ4v) is 5.70. The average molecular weight is 519 g/mol. The van der Waals surface area contributed by atoms with E-state index in [0.29, 0.717) is 35.4 Å². The number of H-pyrrole nitrogens is 1. The van der Waals surface area contributed by atoms with Crippen molar-refractivity contribution in [3.8, 4) is 5.75 Å². The van der Waals surface area contributed by atoms with Crippen LogP contribution in [0.2, 0.25) is 0 Å². The number of carbonyl (C=O) groups excluding carboxylic acids is 1. The molecule has 4 rings (SSSR count). The number of aryl methyl sites for hydroxylation is 1. The third-order valence-corrected chi connectivity index (χ3v) is 8.16. The number of hydrogen-bond acceptors (Lipinski definition) is 5. The zero-order valence-corrected chi connectivity index (χ0v) is 22.0. The lowest BCUT2D eigenvalue weighted by atomic mass is 10.1. The maximum Gasteiger partial charge on any atom is 0.252 e. The fourth-order valence-electron chi connectivity index (χ4n) is 4.24. The van der Waals surface area contributed by atoms with E-state index >= 15 is 0 Å². The highest BCUT2D eigenvalue weighted by Gasteiger charge is 2.26. The van der Waals surface area contributed by atoms with Crippen molar-refractivity contribution in [2.75, 3.05) is 13.2 Å². The second-order valence-corrected chi connectivity index (χ2v) is 10.8. The van der Waals surface area contributed by atoms with E-state index in [1.165, 1.54) is 23.4 Å². The number of hydrogen-bond donors (Lipinski definition) is 1. The van der Waals surface area contributed by atoms with Gasteiger partial charge in [-0.05, 0) is 74.7 Å². The molecule has 1 heterocycles. The third kappa shape index (κ3) is 5.98. The standard InChI is InChI=1S/C29H30N2O5S/c1-4-36-26-12-13-28-24(17-26)16-25(29(33)30-28)19-31(15-14-22-9-6-5-8-20(22)2)37(34,35)27-11-7-10-23(18-27)21(3)32/h5-13,16-18H,4,14-15,19H2,1-3H3,(H,30,33). The predicted molar refractivity (Wildman–Crippen MR) is 145 cm³/mol. The molecule has 3 aromatic carbocycles. The smallest absolute Gasteiger partial charge is 0.252 e. The van der Waals surface area contributed by atoms with Crippen LogP contribution in [0.3, 0.4) is 0 Å². The first-order valence-corrected chi connectivity index (χ1v) is 13.6. The molecule has 0 fully saturated rings. The Labute approximate surface area is 216 Å². The first-order chi connectivity index (χ1) is 17.7. The molecule has 1 N–H and O–H groups in total. The maximum absolute atomic E-state index is 13.8. The molecule has 0 aliphatic rings. The van der Waals surface area contributed by atoms with Gasteiger partial charge in [-0.1, -0.05) is 36.4 Å². The summed E-state index contributed by atoms with van der Waals surface area (Å²) < 4.78 is 34.5. The van der Waals surface area contributed by atoms with E-state index in [0.717, 1.165) is 16.5 Å². The molecule has 0 unspecified atom stereocenters. The van der Waals surface area contributed by atoms with Gasteiger partial charge >= 0.3 is 0 Å². The minimum atomic E-state index is -4.02. The molecule has 8 heteroatoms. The van der Waals surface area contributed by atoms with E-state index in [1.54, 1.807) is 30.3 Å². The van der Waals surface area contributed by atoms with Crippen molar-refractivity contribution >= 4 is 26.7 Å². The molecule has 0 radical (unpaired) electrons. The van der Waals surface area contributed by atoms with Crippen molar-refractivity contribution in [3.05, 3.63) is 105 Å². The molecular weight excluding hydrogens is 488 g/mol. The van der Waals surface area contributed by atoms with E-state index < -0.39 is 10.0 Å². The minimum Gasteiger partial charge on any atom is -0.494 e. The number of ketones is 1. The average Bonchev–Trinajstić information content (AvgIpc) is 2.88. The van der Waals surface area contributed by atoms with Gasteiger partial charge in [0.15, 0.2) is 5.78 Å². The summed E-state index contributed by atoms with van der Waals surface area (Å²) in [6.07, 6.45) is 0.471. The number of Topliss-reactive ketones (excluding diaryl/α,β-unsaturated/α-hetero) is 1. The van der Waals surface area contributed by atoms with Crippen LogP contribution >= 0.6 is 0 Å². The van der Waals surface area contributed by atoms with Crippen LogP contribution in [0.5, 0.6) is 5.75 Å². The number of ether oxygens (including phenoxy) is 1. The van der Waals surface area contributed by atoms with Gasteiger partial charge in [-0.2, -0.15) is 4.31 Å². The molecule has 1 aromatic heterocycles. The number of sulfonamides is 1. The summed E-state index contributed by atoms with van der Waals surface area (Å²) in [7, 11) is -4.02. The first kappa shape index (κ1) is 26.3. The Kier molecular flexibility index (Phi) is 7.90. The van der Waals surface area contributed by atoms with Gasteiger partial charge < -0.3 is 9.72 Å². The Morgan fingerprint density at radius 2 is 1.76 bits per heavy atom. The number of rotatable bonds is 10. The molecule has 7 nitrogen and oxygen atoms in total. The number of fused-ring (bicyclic) bond motifs is 1. The predicted octanol–water partition coefficient (Wildman–Crippen LogP) is 4.87. The van der Waals surface area contributed by atoms with Crippen molar-refractivity contribution in [1.82, 2.24) is 9.29 Å². The number of pyridine rings is 1. The Hall–Kier alpha value is -3.75. The van der Waals surface area contributed by atoms with E-state index in [9.17, 15) is 18.0 Å². The van der Waals surface area contributed by atoms with Crippen LogP contribution < -0.4 is 10.3 Å². The molecule has 0 saturated heterocycles. The Balaban J connectivity index is 1.75. The van der Waals surface area contributed by atoms with E-state index in [4.69, 9.17) is 4.74 Å². The van der Waals surface area contributed by atoms with Gasteiger partial charge in [0.1, 0.15) is 5.75 Å². The number of aromatic nitrogens is 1. The highest BCUT2D eigenvalue weighted by Crippen LogP contribution is 2.23. The SMILES string of the molecule is CCOc1ccc2[nH]c(=O)c(CN(CCc3ccccc3C)S(=O)(=O)c3cccc(C(C)=O)c3)cc2c1. The molecule has 0 atom stereocenters. The topological polar surface area (TPSA) is 96.5 Å². The lowest BCUT2D eigenvalue weighted by molar-refractivity contribution is 0.101. The molecule has 192 valence electrons. The van der Waals surface area contributed by atoms with Crippen LogP contribution in [0, 0.1) is 6.92 Å². The maximum atomic E-state index is 13.8. The lowest BCUT2D eigenvalue weighted by Gasteiger charge is -2.23. The summed E-state index contributed by atoms with van der Waals surface area (Å²) in [5, 5.41) is 0.746. The molecular formula is C29H30N2O5S. The summed E-state index contributed by atoms with van der Waals surface area (Å²) >= 11 is 0. The molecule has 0 aliphatic carbocycles. The van der Waals surface area contributed by atoms with Gasteiger partial charge in [0.2, 0.25) is 10.0 Å². The number of aromatic amines is 1. The zero-order valence-electron chi connectivity index (χ0n) is 21.2. The van der Waals surface area contributed by atoms with Gasteiger partial charge in [0, 0.05) is 35.1 Å². The Morgan fingerprint density at radius 1 is 0.973 bits per heavy atom. The van der Waals surface area contributed by atoms with E-state index in [-0.39, 0.29) is 29.3 Å². The third-order valence-electron chi connectivity index (χ3n) is 6.32. The summed E-state index contributed by atoms with van der Waals surface area (Å²) in [6.45, 7) is 5.81. The van der Waals surface area contributed by atoms with Crippen LogP contribution in [-0.2, 0) is 23.0 Å².